The number of anilines is 1. The average molecular weight is 320 g/mol. The van der Waals surface area contributed by atoms with Gasteiger partial charge in [0.2, 0.25) is 5.91 Å². The maximum atomic E-state index is 12.2. The maximum Gasteiger partial charge on any atom is 0.225 e. The van der Waals surface area contributed by atoms with Crippen molar-refractivity contribution < 1.29 is 9.90 Å². The van der Waals surface area contributed by atoms with Crippen molar-refractivity contribution in [1.82, 2.24) is 5.32 Å². The number of nitrogens with one attached hydrogen (secondary N) is 2. The summed E-state index contributed by atoms with van der Waals surface area (Å²) in [6.07, 6.45) is -0.0572. The van der Waals surface area contributed by atoms with Crippen LogP contribution < -0.4 is 10.6 Å². The molecule has 1 aromatic carbocycles. The highest BCUT2D eigenvalue weighted by atomic mass is 16.3. The van der Waals surface area contributed by atoms with Gasteiger partial charge in [-0.25, -0.2) is 0 Å². The standard InChI is InChI=1S/C19H32N2O2/c1-13(2)15-9-7-8-10-16(15)21-18(23)11-14(3)20-12-17(22)19(4,5)6/h7-10,13-14,17,20,22H,11-12H2,1-6H3,(H,21,23). The van der Waals surface area contributed by atoms with Gasteiger partial charge in [0, 0.05) is 24.7 Å². The molecule has 0 aliphatic carbocycles. The van der Waals surface area contributed by atoms with E-state index in [1.165, 1.54) is 0 Å². The van der Waals surface area contributed by atoms with Gasteiger partial charge in [-0.1, -0.05) is 52.8 Å². The first-order valence-electron chi connectivity index (χ1n) is 8.41. The van der Waals surface area contributed by atoms with Crippen LogP contribution in [0.15, 0.2) is 24.3 Å². The van der Waals surface area contributed by atoms with Crippen LogP contribution in [0.1, 0.15) is 59.4 Å². The first kappa shape index (κ1) is 19.7. The van der Waals surface area contributed by atoms with Crippen molar-refractivity contribution in [3.63, 3.8) is 0 Å². The summed E-state index contributed by atoms with van der Waals surface area (Å²) in [6, 6.07) is 7.92. The first-order valence-corrected chi connectivity index (χ1v) is 8.41. The van der Waals surface area contributed by atoms with Gasteiger partial charge in [0.15, 0.2) is 0 Å². The largest absolute Gasteiger partial charge is 0.391 e. The highest BCUT2D eigenvalue weighted by Gasteiger charge is 2.22. The zero-order valence-electron chi connectivity index (χ0n) is 15.3. The van der Waals surface area contributed by atoms with Gasteiger partial charge in [0.25, 0.3) is 0 Å². The predicted molar refractivity (Wildman–Crippen MR) is 96.7 cm³/mol. The number of aliphatic hydroxyl groups is 1. The molecule has 0 saturated carbocycles. The Morgan fingerprint density at radius 3 is 2.35 bits per heavy atom. The summed E-state index contributed by atoms with van der Waals surface area (Å²) in [6.45, 7) is 12.7. The predicted octanol–water partition coefficient (Wildman–Crippen LogP) is 3.52. The summed E-state index contributed by atoms with van der Waals surface area (Å²) < 4.78 is 0. The molecule has 130 valence electrons. The minimum Gasteiger partial charge on any atom is -0.391 e. The average Bonchev–Trinajstić information content (AvgIpc) is 2.43. The third-order valence-electron chi connectivity index (χ3n) is 4.01. The first-order chi connectivity index (χ1) is 10.6. The Morgan fingerprint density at radius 2 is 1.78 bits per heavy atom. The number of benzene rings is 1. The van der Waals surface area contributed by atoms with Crippen LogP contribution in [0.4, 0.5) is 5.69 Å². The van der Waals surface area contributed by atoms with Gasteiger partial charge >= 0.3 is 0 Å². The van der Waals surface area contributed by atoms with Gasteiger partial charge in [-0.05, 0) is 29.9 Å². The lowest BCUT2D eigenvalue weighted by Crippen LogP contribution is -2.41. The number of amides is 1. The van der Waals surface area contributed by atoms with E-state index in [4.69, 9.17) is 0 Å². The van der Waals surface area contributed by atoms with Crippen LogP contribution in [0.25, 0.3) is 0 Å². The van der Waals surface area contributed by atoms with Crippen LogP contribution in [0, 0.1) is 5.41 Å². The van der Waals surface area contributed by atoms with Crippen LogP contribution in [-0.4, -0.2) is 29.7 Å². The lowest BCUT2D eigenvalue weighted by atomic mass is 9.89. The monoisotopic (exact) mass is 320 g/mol. The van der Waals surface area contributed by atoms with Crippen molar-refractivity contribution in [2.45, 2.75) is 66.0 Å². The molecule has 23 heavy (non-hydrogen) atoms. The van der Waals surface area contributed by atoms with Crippen molar-refractivity contribution in [2.24, 2.45) is 5.41 Å². The molecule has 3 N–H and O–H groups in total. The fourth-order valence-corrected chi connectivity index (χ4v) is 2.28. The molecule has 0 spiro atoms. The lowest BCUT2D eigenvalue weighted by Gasteiger charge is -2.27. The van der Waals surface area contributed by atoms with Crippen LogP contribution >= 0.6 is 0 Å². The topological polar surface area (TPSA) is 61.4 Å². The van der Waals surface area contributed by atoms with E-state index >= 15 is 0 Å². The maximum absolute atomic E-state index is 12.2. The molecule has 0 bridgehead atoms. The Morgan fingerprint density at radius 1 is 1.17 bits per heavy atom. The summed E-state index contributed by atoms with van der Waals surface area (Å²) in [5.41, 5.74) is 1.87. The fourth-order valence-electron chi connectivity index (χ4n) is 2.28. The van der Waals surface area contributed by atoms with Crippen LogP contribution in [0.2, 0.25) is 0 Å². The van der Waals surface area contributed by atoms with Gasteiger partial charge in [-0.3, -0.25) is 4.79 Å². The molecule has 0 fully saturated rings. The molecule has 2 atom stereocenters. The minimum absolute atomic E-state index is 0.0108. The molecule has 0 aliphatic rings. The second-order valence-corrected chi connectivity index (χ2v) is 7.69. The Labute approximate surface area is 140 Å². The third kappa shape index (κ3) is 6.71. The Hall–Kier alpha value is -1.39. The zero-order chi connectivity index (χ0) is 17.6. The number of hydrogen-bond acceptors (Lipinski definition) is 3. The van der Waals surface area contributed by atoms with E-state index in [2.05, 4.69) is 24.5 Å². The minimum atomic E-state index is -0.435. The van der Waals surface area contributed by atoms with Crippen LogP contribution in [-0.2, 0) is 4.79 Å². The fraction of sp³-hybridized carbons (Fsp3) is 0.632. The lowest BCUT2D eigenvalue weighted by molar-refractivity contribution is -0.116. The molecule has 0 heterocycles. The van der Waals surface area contributed by atoms with E-state index in [0.29, 0.717) is 18.9 Å². The van der Waals surface area contributed by atoms with Gasteiger partial charge in [0.05, 0.1) is 6.10 Å². The zero-order valence-corrected chi connectivity index (χ0v) is 15.3. The van der Waals surface area contributed by atoms with Crippen molar-refractivity contribution in [3.8, 4) is 0 Å². The van der Waals surface area contributed by atoms with E-state index in [0.717, 1.165) is 11.3 Å². The Balaban J connectivity index is 2.51. The molecule has 2 unspecified atom stereocenters. The van der Waals surface area contributed by atoms with Gasteiger partial charge in [-0.2, -0.15) is 0 Å². The second-order valence-electron chi connectivity index (χ2n) is 7.69. The van der Waals surface area contributed by atoms with Gasteiger partial charge in [0.1, 0.15) is 0 Å². The van der Waals surface area contributed by atoms with Crippen LogP contribution in [0.3, 0.4) is 0 Å². The van der Waals surface area contributed by atoms with Crippen LogP contribution in [0.5, 0.6) is 0 Å². The number of para-hydroxylation sites is 1. The van der Waals surface area contributed by atoms with E-state index in [1.54, 1.807) is 0 Å². The molecular formula is C19H32N2O2. The normalized spacial score (nSPS) is 14.6. The number of rotatable bonds is 7. The molecule has 4 nitrogen and oxygen atoms in total. The Kier molecular flexibility index (Phi) is 7.23. The van der Waals surface area contributed by atoms with Gasteiger partial charge in [-0.15, -0.1) is 0 Å². The van der Waals surface area contributed by atoms with Crippen molar-refractivity contribution in [2.75, 3.05) is 11.9 Å². The summed E-state index contributed by atoms with van der Waals surface area (Å²) >= 11 is 0. The second kappa shape index (κ2) is 8.46. The van der Waals surface area contributed by atoms with E-state index in [9.17, 15) is 9.90 Å². The summed E-state index contributed by atoms with van der Waals surface area (Å²) in [5.74, 6) is 0.354. The highest BCUT2D eigenvalue weighted by molar-refractivity contribution is 5.91. The van der Waals surface area contributed by atoms with E-state index < -0.39 is 6.10 Å². The molecular weight excluding hydrogens is 288 g/mol. The molecule has 0 saturated heterocycles. The van der Waals surface area contributed by atoms with Crippen molar-refractivity contribution in [3.05, 3.63) is 29.8 Å². The third-order valence-corrected chi connectivity index (χ3v) is 4.01. The molecule has 4 heteroatoms. The molecule has 1 aromatic rings. The summed E-state index contributed by atoms with van der Waals surface area (Å²) in [5, 5.41) is 16.3. The quantitative estimate of drug-likeness (QED) is 0.720. The number of carbonyl (C=O) groups is 1. The molecule has 1 amide bonds. The molecule has 1 rings (SSSR count). The van der Waals surface area contributed by atoms with Crippen molar-refractivity contribution >= 4 is 11.6 Å². The summed E-state index contributed by atoms with van der Waals surface area (Å²) in [7, 11) is 0. The van der Waals surface area contributed by atoms with E-state index in [-0.39, 0.29) is 17.4 Å². The van der Waals surface area contributed by atoms with Crippen molar-refractivity contribution in [1.29, 1.82) is 0 Å². The highest BCUT2D eigenvalue weighted by Crippen LogP contribution is 2.24. The molecule has 0 aromatic heterocycles. The van der Waals surface area contributed by atoms with E-state index in [1.807, 2.05) is 52.0 Å². The number of hydrogen-bond donors (Lipinski definition) is 3. The van der Waals surface area contributed by atoms with Gasteiger partial charge < -0.3 is 15.7 Å². The smallest absolute Gasteiger partial charge is 0.225 e. The summed E-state index contributed by atoms with van der Waals surface area (Å²) in [4.78, 5) is 12.2. The molecule has 0 aliphatic heterocycles. The number of aliphatic hydroxyl groups excluding tert-OH is 1. The SMILES string of the molecule is CC(CC(=O)Nc1ccccc1C(C)C)NCC(O)C(C)(C)C. The Bertz CT molecular complexity index is 506. The number of carbonyl (C=O) groups excluding carboxylic acids is 1. The molecule has 0 radical (unpaired) electrons.